The molecular formula is C33H35NO4. The Balaban J connectivity index is 1.38. The van der Waals surface area contributed by atoms with Gasteiger partial charge >= 0.3 is 0 Å². The van der Waals surface area contributed by atoms with Crippen LogP contribution >= 0.6 is 0 Å². The summed E-state index contributed by atoms with van der Waals surface area (Å²) in [7, 11) is 5.14. The number of hydrogen-bond acceptors (Lipinski definition) is 5. The van der Waals surface area contributed by atoms with Crippen LogP contribution in [0.1, 0.15) is 41.9 Å². The van der Waals surface area contributed by atoms with Crippen LogP contribution in [0.25, 0.3) is 21.9 Å². The molecule has 0 amide bonds. The summed E-state index contributed by atoms with van der Waals surface area (Å²) in [4.78, 5) is 2.50. The fraction of sp³-hybridized carbons (Fsp3) is 0.333. The molecule has 38 heavy (non-hydrogen) atoms. The van der Waals surface area contributed by atoms with Gasteiger partial charge in [0.25, 0.3) is 0 Å². The molecule has 1 unspecified atom stereocenters. The van der Waals surface area contributed by atoms with Gasteiger partial charge in [0.05, 0.1) is 21.3 Å². The highest BCUT2D eigenvalue weighted by molar-refractivity contribution is 5.98. The SMILES string of the molecule is COc1cc(OC)c2c(c1)-c1ccc3cc(OC)ccc3c1C2c1ccc(OCCN2CCCCC2)cc1. The first kappa shape index (κ1) is 24.6. The Morgan fingerprint density at radius 2 is 1.45 bits per heavy atom. The van der Waals surface area contributed by atoms with Crippen molar-refractivity contribution in [2.45, 2.75) is 25.2 Å². The van der Waals surface area contributed by atoms with Gasteiger partial charge in [0.15, 0.2) is 0 Å². The fourth-order valence-electron chi connectivity index (χ4n) is 6.12. The maximum absolute atomic E-state index is 6.14. The predicted molar refractivity (Wildman–Crippen MR) is 152 cm³/mol. The lowest BCUT2D eigenvalue weighted by atomic mass is 9.86. The molecular weight excluding hydrogens is 474 g/mol. The van der Waals surface area contributed by atoms with Crippen LogP contribution in [-0.2, 0) is 0 Å². The molecule has 1 aliphatic carbocycles. The first-order chi connectivity index (χ1) is 18.7. The second-order valence-corrected chi connectivity index (χ2v) is 10.2. The van der Waals surface area contributed by atoms with E-state index in [0.717, 1.165) is 40.5 Å². The number of ether oxygens (including phenoxy) is 4. The molecule has 5 heteroatoms. The molecule has 196 valence electrons. The first-order valence-electron chi connectivity index (χ1n) is 13.5. The van der Waals surface area contributed by atoms with Crippen molar-refractivity contribution in [1.29, 1.82) is 0 Å². The van der Waals surface area contributed by atoms with E-state index in [1.807, 2.05) is 12.1 Å². The van der Waals surface area contributed by atoms with E-state index in [9.17, 15) is 0 Å². The van der Waals surface area contributed by atoms with E-state index in [-0.39, 0.29) is 5.92 Å². The molecule has 1 saturated heterocycles. The van der Waals surface area contributed by atoms with Crippen molar-refractivity contribution in [3.8, 4) is 34.1 Å². The van der Waals surface area contributed by atoms with E-state index in [4.69, 9.17) is 18.9 Å². The smallest absolute Gasteiger partial charge is 0.127 e. The van der Waals surface area contributed by atoms with Crippen molar-refractivity contribution in [2.24, 2.45) is 0 Å². The third-order valence-corrected chi connectivity index (χ3v) is 8.05. The second-order valence-electron chi connectivity index (χ2n) is 10.2. The summed E-state index contributed by atoms with van der Waals surface area (Å²) in [6.45, 7) is 4.08. The molecule has 6 rings (SSSR count). The van der Waals surface area contributed by atoms with Gasteiger partial charge in [-0.15, -0.1) is 0 Å². The summed E-state index contributed by atoms with van der Waals surface area (Å²) in [5.74, 6) is 3.42. The monoisotopic (exact) mass is 509 g/mol. The Hall–Kier alpha value is -3.70. The van der Waals surface area contributed by atoms with E-state index in [1.165, 1.54) is 60.0 Å². The number of nitrogens with zero attached hydrogens (tertiary/aromatic N) is 1. The zero-order valence-electron chi connectivity index (χ0n) is 22.5. The maximum atomic E-state index is 6.14. The average Bonchev–Trinajstić information content (AvgIpc) is 3.32. The first-order valence-corrected chi connectivity index (χ1v) is 13.5. The molecule has 1 aliphatic heterocycles. The molecule has 0 saturated carbocycles. The molecule has 0 bridgehead atoms. The minimum absolute atomic E-state index is 0.0281. The van der Waals surface area contributed by atoms with E-state index < -0.39 is 0 Å². The van der Waals surface area contributed by atoms with Gasteiger partial charge in [-0.05, 0) is 89.3 Å². The Morgan fingerprint density at radius 1 is 0.684 bits per heavy atom. The summed E-state index contributed by atoms with van der Waals surface area (Å²) in [6.07, 6.45) is 3.96. The summed E-state index contributed by atoms with van der Waals surface area (Å²) in [5, 5.41) is 2.37. The molecule has 4 aromatic rings. The summed E-state index contributed by atoms with van der Waals surface area (Å²) >= 11 is 0. The molecule has 1 atom stereocenters. The molecule has 0 radical (unpaired) electrons. The molecule has 1 heterocycles. The number of hydrogen-bond donors (Lipinski definition) is 0. The average molecular weight is 510 g/mol. The number of likely N-dealkylation sites (tertiary alicyclic amines) is 1. The number of rotatable bonds is 8. The van der Waals surface area contributed by atoms with Gasteiger partial charge in [-0.3, -0.25) is 4.90 Å². The van der Waals surface area contributed by atoms with Crippen molar-refractivity contribution in [3.63, 3.8) is 0 Å². The lowest BCUT2D eigenvalue weighted by Crippen LogP contribution is -2.33. The van der Waals surface area contributed by atoms with Crippen molar-refractivity contribution in [1.82, 2.24) is 4.90 Å². The van der Waals surface area contributed by atoms with Gasteiger partial charge < -0.3 is 18.9 Å². The van der Waals surface area contributed by atoms with Crippen LogP contribution in [-0.4, -0.2) is 52.5 Å². The van der Waals surface area contributed by atoms with E-state index in [0.29, 0.717) is 6.61 Å². The fourth-order valence-corrected chi connectivity index (χ4v) is 6.12. The van der Waals surface area contributed by atoms with Gasteiger partial charge in [0.2, 0.25) is 0 Å². The lowest BCUT2D eigenvalue weighted by Gasteiger charge is -2.26. The molecule has 0 aromatic heterocycles. The Bertz CT molecular complexity index is 1440. The van der Waals surface area contributed by atoms with Gasteiger partial charge in [0, 0.05) is 24.1 Å². The Morgan fingerprint density at radius 3 is 2.18 bits per heavy atom. The molecule has 4 aromatic carbocycles. The van der Waals surface area contributed by atoms with Crippen molar-refractivity contribution in [3.05, 3.63) is 83.4 Å². The third kappa shape index (κ3) is 4.45. The third-order valence-electron chi connectivity index (χ3n) is 8.05. The van der Waals surface area contributed by atoms with Crippen LogP contribution in [0.15, 0.2) is 66.7 Å². The molecule has 0 N–H and O–H groups in total. The second kappa shape index (κ2) is 10.6. The summed E-state index contributed by atoms with van der Waals surface area (Å²) in [6, 6.07) is 23.4. The number of benzene rings is 4. The van der Waals surface area contributed by atoms with Gasteiger partial charge in [-0.2, -0.15) is 0 Å². The van der Waals surface area contributed by atoms with Crippen LogP contribution in [0.4, 0.5) is 0 Å². The standard InChI is InChI=1S/C33H35NO4/c1-35-25-12-14-27-23(19-25)9-13-28-29-20-26(36-2)21-30(37-3)33(29)31(32(27)28)22-7-10-24(11-8-22)38-18-17-34-15-5-4-6-16-34/h7-14,19-21,31H,4-6,15-18H2,1-3H3. The Labute approximate surface area is 224 Å². The van der Waals surface area contributed by atoms with E-state index >= 15 is 0 Å². The van der Waals surface area contributed by atoms with E-state index in [2.05, 4.69) is 59.5 Å². The summed E-state index contributed by atoms with van der Waals surface area (Å²) in [5.41, 5.74) is 6.03. The van der Waals surface area contributed by atoms with Gasteiger partial charge in [0.1, 0.15) is 29.6 Å². The molecule has 0 spiro atoms. The largest absolute Gasteiger partial charge is 0.497 e. The maximum Gasteiger partial charge on any atom is 0.127 e. The minimum atomic E-state index is 0.0281. The van der Waals surface area contributed by atoms with E-state index in [1.54, 1.807) is 21.3 Å². The molecule has 1 fully saturated rings. The predicted octanol–water partition coefficient (Wildman–Crippen LogP) is 6.89. The topological polar surface area (TPSA) is 40.2 Å². The number of piperidine rings is 1. The van der Waals surface area contributed by atoms with Crippen LogP contribution in [0, 0.1) is 0 Å². The number of fused-ring (bicyclic) bond motifs is 5. The molecule has 2 aliphatic rings. The molecule has 5 nitrogen and oxygen atoms in total. The summed E-state index contributed by atoms with van der Waals surface area (Å²) < 4.78 is 23.2. The van der Waals surface area contributed by atoms with Crippen molar-refractivity contribution >= 4 is 10.8 Å². The van der Waals surface area contributed by atoms with Crippen molar-refractivity contribution < 1.29 is 18.9 Å². The zero-order valence-corrected chi connectivity index (χ0v) is 22.5. The normalized spacial score (nSPS) is 16.7. The van der Waals surface area contributed by atoms with Gasteiger partial charge in [-0.1, -0.05) is 36.8 Å². The lowest BCUT2D eigenvalue weighted by molar-refractivity contribution is 0.183. The minimum Gasteiger partial charge on any atom is -0.497 e. The van der Waals surface area contributed by atoms with Crippen molar-refractivity contribution in [2.75, 3.05) is 47.6 Å². The van der Waals surface area contributed by atoms with Crippen LogP contribution in [0.2, 0.25) is 0 Å². The van der Waals surface area contributed by atoms with Gasteiger partial charge in [-0.25, -0.2) is 0 Å². The quantitative estimate of drug-likeness (QED) is 0.228. The van der Waals surface area contributed by atoms with Crippen LogP contribution < -0.4 is 18.9 Å². The highest BCUT2D eigenvalue weighted by Gasteiger charge is 2.35. The Kier molecular flexibility index (Phi) is 6.86. The highest BCUT2D eigenvalue weighted by atomic mass is 16.5. The zero-order chi connectivity index (χ0) is 26.1. The number of methoxy groups -OCH3 is 3. The highest BCUT2D eigenvalue weighted by Crippen LogP contribution is 2.55. The van der Waals surface area contributed by atoms with Crippen LogP contribution in [0.3, 0.4) is 0 Å². The van der Waals surface area contributed by atoms with Crippen LogP contribution in [0.5, 0.6) is 23.0 Å².